The zero-order chi connectivity index (χ0) is 15.7. The SMILES string of the molecule is Cc1nccn1Cc1coc(-c2ccc(S(C)(=O)=O)cc2)n1. The van der Waals surface area contributed by atoms with Crippen LogP contribution in [0.5, 0.6) is 0 Å². The number of sulfone groups is 1. The minimum Gasteiger partial charge on any atom is -0.444 e. The van der Waals surface area contributed by atoms with Gasteiger partial charge in [-0.3, -0.25) is 0 Å². The summed E-state index contributed by atoms with van der Waals surface area (Å²) in [5.41, 5.74) is 1.52. The molecule has 0 N–H and O–H groups in total. The standard InChI is InChI=1S/C15H15N3O3S/c1-11-16-7-8-18(11)9-13-10-21-15(17-13)12-3-5-14(6-4-12)22(2,19)20/h3-8,10H,9H2,1-2H3. The van der Waals surface area contributed by atoms with Crippen LogP contribution in [0.15, 0.2) is 52.2 Å². The molecule has 3 aromatic rings. The normalized spacial score (nSPS) is 11.7. The fourth-order valence-electron chi connectivity index (χ4n) is 2.10. The Morgan fingerprint density at radius 3 is 2.55 bits per heavy atom. The third-order valence-electron chi connectivity index (χ3n) is 3.34. The lowest BCUT2D eigenvalue weighted by Crippen LogP contribution is -2.00. The molecule has 22 heavy (non-hydrogen) atoms. The van der Waals surface area contributed by atoms with Crippen molar-refractivity contribution < 1.29 is 12.8 Å². The minimum absolute atomic E-state index is 0.275. The van der Waals surface area contributed by atoms with Crippen molar-refractivity contribution in [2.24, 2.45) is 0 Å². The number of imidazole rings is 1. The van der Waals surface area contributed by atoms with Gasteiger partial charge in [0.05, 0.1) is 17.1 Å². The number of benzene rings is 1. The topological polar surface area (TPSA) is 78.0 Å². The maximum atomic E-state index is 11.4. The summed E-state index contributed by atoms with van der Waals surface area (Å²) in [6.45, 7) is 2.50. The molecule has 0 amide bonds. The van der Waals surface area contributed by atoms with Crippen molar-refractivity contribution in [3.63, 3.8) is 0 Å². The summed E-state index contributed by atoms with van der Waals surface area (Å²) in [6.07, 6.45) is 6.39. The molecule has 0 unspecified atom stereocenters. The molecule has 0 fully saturated rings. The molecule has 114 valence electrons. The molecule has 2 aromatic heterocycles. The van der Waals surface area contributed by atoms with Crippen molar-refractivity contribution in [1.82, 2.24) is 14.5 Å². The number of aromatic nitrogens is 3. The quantitative estimate of drug-likeness (QED) is 0.738. The van der Waals surface area contributed by atoms with Crippen LogP contribution in [0, 0.1) is 6.92 Å². The molecule has 0 aliphatic carbocycles. The van der Waals surface area contributed by atoms with Gasteiger partial charge < -0.3 is 8.98 Å². The summed E-state index contributed by atoms with van der Waals surface area (Å²) in [7, 11) is -3.20. The van der Waals surface area contributed by atoms with Crippen molar-refractivity contribution in [3.8, 4) is 11.5 Å². The highest BCUT2D eigenvalue weighted by atomic mass is 32.2. The van der Waals surface area contributed by atoms with Gasteiger partial charge in [-0.15, -0.1) is 0 Å². The first kappa shape index (κ1) is 14.5. The zero-order valence-electron chi connectivity index (χ0n) is 12.2. The van der Waals surface area contributed by atoms with Crippen LogP contribution in [0.25, 0.3) is 11.5 Å². The molecule has 0 radical (unpaired) electrons. The first-order valence-electron chi connectivity index (χ1n) is 6.66. The number of rotatable bonds is 4. The molecule has 0 saturated carbocycles. The molecule has 0 bridgehead atoms. The van der Waals surface area contributed by atoms with Gasteiger partial charge in [0.1, 0.15) is 12.1 Å². The van der Waals surface area contributed by atoms with Gasteiger partial charge in [-0.1, -0.05) is 0 Å². The Labute approximate surface area is 128 Å². The van der Waals surface area contributed by atoms with Gasteiger partial charge in [0.25, 0.3) is 0 Å². The summed E-state index contributed by atoms with van der Waals surface area (Å²) in [6, 6.07) is 6.48. The molecule has 2 heterocycles. The van der Waals surface area contributed by atoms with Crippen LogP contribution in [-0.2, 0) is 16.4 Å². The lowest BCUT2D eigenvalue weighted by molar-refractivity contribution is 0.571. The molecule has 6 nitrogen and oxygen atoms in total. The fourth-order valence-corrected chi connectivity index (χ4v) is 2.73. The van der Waals surface area contributed by atoms with Gasteiger partial charge in [0.2, 0.25) is 5.89 Å². The predicted molar refractivity (Wildman–Crippen MR) is 81.1 cm³/mol. The van der Waals surface area contributed by atoms with E-state index < -0.39 is 9.84 Å². The second-order valence-electron chi connectivity index (χ2n) is 5.04. The van der Waals surface area contributed by atoms with Gasteiger partial charge in [-0.25, -0.2) is 18.4 Å². The molecule has 0 spiro atoms. The zero-order valence-corrected chi connectivity index (χ0v) is 13.0. The fraction of sp³-hybridized carbons (Fsp3) is 0.200. The minimum atomic E-state index is -3.20. The van der Waals surface area contributed by atoms with E-state index in [2.05, 4.69) is 9.97 Å². The third kappa shape index (κ3) is 2.94. The summed E-state index contributed by atoms with van der Waals surface area (Å²) < 4.78 is 30.3. The summed E-state index contributed by atoms with van der Waals surface area (Å²) >= 11 is 0. The molecule has 0 aliphatic rings. The van der Waals surface area contributed by atoms with Crippen molar-refractivity contribution >= 4 is 9.84 Å². The number of hydrogen-bond acceptors (Lipinski definition) is 5. The van der Waals surface area contributed by atoms with E-state index in [1.165, 1.54) is 6.26 Å². The van der Waals surface area contributed by atoms with Gasteiger partial charge in [-0.2, -0.15) is 0 Å². The van der Waals surface area contributed by atoms with Gasteiger partial charge in [0, 0.05) is 24.2 Å². The third-order valence-corrected chi connectivity index (χ3v) is 4.47. The van der Waals surface area contributed by atoms with Gasteiger partial charge >= 0.3 is 0 Å². The van der Waals surface area contributed by atoms with E-state index in [4.69, 9.17) is 4.42 Å². The van der Waals surface area contributed by atoms with Crippen LogP contribution in [0.1, 0.15) is 11.5 Å². The largest absolute Gasteiger partial charge is 0.444 e. The Bertz CT molecular complexity index is 892. The van der Waals surface area contributed by atoms with Gasteiger partial charge in [-0.05, 0) is 31.2 Å². The van der Waals surface area contributed by atoms with Gasteiger partial charge in [0.15, 0.2) is 9.84 Å². The molecule has 1 aromatic carbocycles. The molecular formula is C15H15N3O3S. The number of aryl methyl sites for hydroxylation is 1. The number of nitrogens with zero attached hydrogens (tertiary/aromatic N) is 3. The Morgan fingerprint density at radius 2 is 1.95 bits per heavy atom. The van der Waals surface area contributed by atoms with Crippen molar-refractivity contribution in [2.45, 2.75) is 18.4 Å². The summed E-state index contributed by atoms with van der Waals surface area (Å²) in [5.74, 6) is 1.37. The number of hydrogen-bond donors (Lipinski definition) is 0. The van der Waals surface area contributed by atoms with Crippen molar-refractivity contribution in [3.05, 3.63) is 54.4 Å². The Balaban J connectivity index is 1.83. The molecule has 7 heteroatoms. The lowest BCUT2D eigenvalue weighted by atomic mass is 10.2. The maximum absolute atomic E-state index is 11.4. The number of oxazole rings is 1. The lowest BCUT2D eigenvalue weighted by Gasteiger charge is -2.00. The van der Waals surface area contributed by atoms with E-state index in [0.717, 1.165) is 17.1 Å². The second-order valence-corrected chi connectivity index (χ2v) is 7.06. The average molecular weight is 317 g/mol. The molecule has 0 aliphatic heterocycles. The Hall–Kier alpha value is -2.41. The van der Waals surface area contributed by atoms with E-state index in [-0.39, 0.29) is 4.90 Å². The molecule has 0 atom stereocenters. The first-order chi connectivity index (χ1) is 10.4. The van der Waals surface area contributed by atoms with E-state index >= 15 is 0 Å². The Kier molecular flexibility index (Phi) is 3.58. The molecule has 0 saturated heterocycles. The molecular weight excluding hydrogens is 302 g/mol. The van der Waals surface area contributed by atoms with Crippen molar-refractivity contribution in [2.75, 3.05) is 6.26 Å². The monoisotopic (exact) mass is 317 g/mol. The van der Waals surface area contributed by atoms with Crippen LogP contribution < -0.4 is 0 Å². The van der Waals surface area contributed by atoms with Crippen LogP contribution >= 0.6 is 0 Å². The first-order valence-corrected chi connectivity index (χ1v) is 8.55. The highest BCUT2D eigenvalue weighted by molar-refractivity contribution is 7.90. The summed E-state index contributed by atoms with van der Waals surface area (Å²) in [4.78, 5) is 8.86. The highest BCUT2D eigenvalue weighted by Gasteiger charge is 2.11. The van der Waals surface area contributed by atoms with Crippen molar-refractivity contribution in [1.29, 1.82) is 0 Å². The van der Waals surface area contributed by atoms with Crippen LogP contribution in [-0.4, -0.2) is 29.2 Å². The predicted octanol–water partition coefficient (Wildman–Crippen LogP) is 2.30. The maximum Gasteiger partial charge on any atom is 0.226 e. The van der Waals surface area contributed by atoms with Crippen LogP contribution in [0.2, 0.25) is 0 Å². The smallest absolute Gasteiger partial charge is 0.226 e. The van der Waals surface area contributed by atoms with E-state index in [0.29, 0.717) is 12.4 Å². The second kappa shape index (κ2) is 5.42. The van der Waals surface area contributed by atoms with Crippen LogP contribution in [0.3, 0.4) is 0 Å². The summed E-state index contributed by atoms with van der Waals surface area (Å²) in [5, 5.41) is 0. The molecule has 3 rings (SSSR count). The Morgan fingerprint density at radius 1 is 1.23 bits per heavy atom. The average Bonchev–Trinajstić information content (AvgIpc) is 3.09. The van der Waals surface area contributed by atoms with E-state index in [1.54, 1.807) is 36.7 Å². The highest BCUT2D eigenvalue weighted by Crippen LogP contribution is 2.21. The van der Waals surface area contributed by atoms with E-state index in [9.17, 15) is 8.42 Å². The van der Waals surface area contributed by atoms with Crippen LogP contribution in [0.4, 0.5) is 0 Å². The van der Waals surface area contributed by atoms with E-state index in [1.807, 2.05) is 17.7 Å².